The minimum absolute atomic E-state index is 0.214. The van der Waals surface area contributed by atoms with E-state index in [-0.39, 0.29) is 12.2 Å². The molecule has 0 amide bonds. The number of sulfonamides is 1. The summed E-state index contributed by atoms with van der Waals surface area (Å²) < 4.78 is 71.7. The lowest BCUT2D eigenvalue weighted by Gasteiger charge is -2.15. The molecule has 0 aliphatic heterocycles. The third-order valence-electron chi connectivity index (χ3n) is 1.69. The van der Waals surface area contributed by atoms with Gasteiger partial charge in [-0.3, -0.25) is 0 Å². The molecular weight excluding hydrogens is 252 g/mol. The minimum atomic E-state index is -4.34. The highest BCUT2D eigenvalue weighted by Gasteiger charge is 2.41. The maximum atomic E-state index is 12.4. The highest BCUT2D eigenvalue weighted by Crippen LogP contribution is 2.21. The van der Waals surface area contributed by atoms with E-state index < -0.39 is 28.9 Å². The van der Waals surface area contributed by atoms with E-state index in [2.05, 4.69) is 5.32 Å². The predicted molar refractivity (Wildman–Crippen MR) is 51.3 cm³/mol. The first-order chi connectivity index (χ1) is 7.21. The Bertz CT molecular complexity index is 295. The molecule has 0 rings (SSSR count). The van der Waals surface area contributed by atoms with Gasteiger partial charge in [0.05, 0.1) is 12.3 Å². The zero-order chi connectivity index (χ0) is 12.8. The highest BCUT2D eigenvalue weighted by atomic mass is 32.2. The van der Waals surface area contributed by atoms with Crippen molar-refractivity contribution in [1.29, 1.82) is 0 Å². The molecule has 0 heterocycles. The molecule has 0 aromatic rings. The number of halogens is 4. The summed E-state index contributed by atoms with van der Waals surface area (Å²) in [6.45, 7) is -1.18. The van der Waals surface area contributed by atoms with Crippen LogP contribution in [0.4, 0.5) is 17.6 Å². The molecule has 9 heteroatoms. The van der Waals surface area contributed by atoms with Crippen molar-refractivity contribution >= 4 is 10.0 Å². The second kappa shape index (κ2) is 6.36. The van der Waals surface area contributed by atoms with Crippen molar-refractivity contribution < 1.29 is 26.0 Å². The fraction of sp³-hybridized carbons (Fsp3) is 1.00. The standard InChI is InChI=1S/C7H14F4N2O2S/c1-12-3-2-4-16(14,15)13-5-7(10,11)6(8)9/h6,12-13H,2-5H2,1H3. The normalized spacial score (nSPS) is 13.4. The van der Waals surface area contributed by atoms with E-state index in [1.54, 1.807) is 7.05 Å². The number of hydrogen-bond donors (Lipinski definition) is 2. The summed E-state index contributed by atoms with van der Waals surface area (Å²) in [5, 5.41) is 2.67. The second-order valence-electron chi connectivity index (χ2n) is 3.16. The van der Waals surface area contributed by atoms with Crippen molar-refractivity contribution in [3.63, 3.8) is 0 Å². The van der Waals surface area contributed by atoms with Crippen molar-refractivity contribution in [2.24, 2.45) is 0 Å². The van der Waals surface area contributed by atoms with Gasteiger partial charge in [0.2, 0.25) is 10.0 Å². The summed E-state index contributed by atoms with van der Waals surface area (Å²) in [5.74, 6) is -4.72. The van der Waals surface area contributed by atoms with E-state index in [9.17, 15) is 26.0 Å². The number of alkyl halides is 4. The first-order valence-corrected chi connectivity index (χ1v) is 6.14. The fourth-order valence-electron chi connectivity index (χ4n) is 0.794. The van der Waals surface area contributed by atoms with Crippen LogP contribution in [-0.4, -0.2) is 46.7 Å². The molecule has 0 saturated carbocycles. The first kappa shape index (κ1) is 15.6. The molecule has 0 fully saturated rings. The van der Waals surface area contributed by atoms with Gasteiger partial charge in [-0.05, 0) is 20.0 Å². The Balaban J connectivity index is 4.09. The minimum Gasteiger partial charge on any atom is -0.320 e. The van der Waals surface area contributed by atoms with Crippen LogP contribution < -0.4 is 10.0 Å². The van der Waals surface area contributed by atoms with Gasteiger partial charge in [-0.15, -0.1) is 0 Å². The Labute approximate surface area is 91.5 Å². The van der Waals surface area contributed by atoms with Gasteiger partial charge >= 0.3 is 12.3 Å². The maximum absolute atomic E-state index is 12.4. The van der Waals surface area contributed by atoms with Gasteiger partial charge in [0.1, 0.15) is 0 Å². The van der Waals surface area contributed by atoms with Gasteiger partial charge in [0, 0.05) is 0 Å². The van der Waals surface area contributed by atoms with Crippen molar-refractivity contribution in [2.45, 2.75) is 18.8 Å². The molecule has 0 aliphatic rings. The van der Waals surface area contributed by atoms with Gasteiger partial charge in [0.15, 0.2) is 0 Å². The zero-order valence-corrected chi connectivity index (χ0v) is 9.46. The average molecular weight is 266 g/mol. The largest absolute Gasteiger partial charge is 0.320 e. The van der Waals surface area contributed by atoms with E-state index in [0.29, 0.717) is 6.54 Å². The Morgan fingerprint density at radius 3 is 2.31 bits per heavy atom. The summed E-state index contributed by atoms with van der Waals surface area (Å²) in [5.41, 5.74) is 0. The fourth-order valence-corrected chi connectivity index (χ4v) is 1.88. The van der Waals surface area contributed by atoms with E-state index in [0.717, 1.165) is 0 Å². The Kier molecular flexibility index (Phi) is 6.19. The molecule has 0 atom stereocenters. The molecule has 0 spiro atoms. The first-order valence-electron chi connectivity index (χ1n) is 4.49. The molecule has 98 valence electrons. The van der Waals surface area contributed by atoms with Crippen LogP contribution in [-0.2, 0) is 10.0 Å². The van der Waals surface area contributed by atoms with Gasteiger partial charge in [0.25, 0.3) is 0 Å². The van der Waals surface area contributed by atoms with E-state index in [1.807, 2.05) is 0 Å². The average Bonchev–Trinajstić information content (AvgIpc) is 2.15. The van der Waals surface area contributed by atoms with Crippen LogP contribution in [0.25, 0.3) is 0 Å². The topological polar surface area (TPSA) is 58.2 Å². The van der Waals surface area contributed by atoms with Gasteiger partial charge in [-0.25, -0.2) is 21.9 Å². The third kappa shape index (κ3) is 6.23. The molecule has 0 radical (unpaired) electrons. The Morgan fingerprint density at radius 2 is 1.88 bits per heavy atom. The summed E-state index contributed by atoms with van der Waals surface area (Å²) in [4.78, 5) is 0. The molecule has 0 aromatic carbocycles. The number of rotatable bonds is 8. The van der Waals surface area contributed by atoms with E-state index in [1.165, 1.54) is 4.72 Å². The van der Waals surface area contributed by atoms with Gasteiger partial charge in [-0.1, -0.05) is 0 Å². The van der Waals surface area contributed by atoms with Crippen LogP contribution >= 0.6 is 0 Å². The Morgan fingerprint density at radius 1 is 1.31 bits per heavy atom. The van der Waals surface area contributed by atoms with Crippen LogP contribution in [0.2, 0.25) is 0 Å². The molecule has 2 N–H and O–H groups in total. The summed E-state index contributed by atoms with van der Waals surface area (Å²) in [7, 11) is -2.32. The van der Waals surface area contributed by atoms with Crippen molar-refractivity contribution in [3.8, 4) is 0 Å². The van der Waals surface area contributed by atoms with Gasteiger partial charge < -0.3 is 5.32 Å². The van der Waals surface area contributed by atoms with Crippen molar-refractivity contribution in [3.05, 3.63) is 0 Å². The van der Waals surface area contributed by atoms with Crippen LogP contribution in [0.1, 0.15) is 6.42 Å². The summed E-state index contributed by atoms with van der Waals surface area (Å²) in [6, 6.07) is 0. The SMILES string of the molecule is CNCCCS(=O)(=O)NCC(F)(F)C(F)F. The molecule has 0 saturated heterocycles. The summed E-state index contributed by atoms with van der Waals surface area (Å²) in [6.07, 6.45) is -3.67. The number of hydrogen-bond acceptors (Lipinski definition) is 3. The van der Waals surface area contributed by atoms with Crippen LogP contribution in [0.5, 0.6) is 0 Å². The lowest BCUT2D eigenvalue weighted by Crippen LogP contribution is -2.42. The lowest BCUT2D eigenvalue weighted by molar-refractivity contribution is -0.122. The third-order valence-corrected chi connectivity index (χ3v) is 3.10. The highest BCUT2D eigenvalue weighted by molar-refractivity contribution is 7.89. The Hall–Kier alpha value is -0.410. The van der Waals surface area contributed by atoms with Gasteiger partial charge in [-0.2, -0.15) is 8.78 Å². The molecule has 0 aliphatic carbocycles. The van der Waals surface area contributed by atoms with Crippen LogP contribution in [0.3, 0.4) is 0 Å². The predicted octanol–water partition coefficient (Wildman–Crippen LogP) is 0.416. The maximum Gasteiger partial charge on any atom is 0.320 e. The zero-order valence-electron chi connectivity index (χ0n) is 8.64. The summed E-state index contributed by atoms with van der Waals surface area (Å²) >= 11 is 0. The van der Waals surface area contributed by atoms with E-state index >= 15 is 0 Å². The van der Waals surface area contributed by atoms with Crippen molar-refractivity contribution in [1.82, 2.24) is 10.0 Å². The second-order valence-corrected chi connectivity index (χ2v) is 5.09. The monoisotopic (exact) mass is 266 g/mol. The van der Waals surface area contributed by atoms with E-state index in [4.69, 9.17) is 0 Å². The molecule has 4 nitrogen and oxygen atoms in total. The molecule has 0 unspecified atom stereocenters. The number of nitrogens with one attached hydrogen (secondary N) is 2. The van der Waals surface area contributed by atoms with Crippen LogP contribution in [0.15, 0.2) is 0 Å². The molecular formula is C7H14F4N2O2S. The molecule has 16 heavy (non-hydrogen) atoms. The quantitative estimate of drug-likeness (QED) is 0.494. The van der Waals surface area contributed by atoms with Crippen LogP contribution in [0, 0.1) is 0 Å². The lowest BCUT2D eigenvalue weighted by atomic mass is 10.4. The molecule has 0 aromatic heterocycles. The molecule has 0 bridgehead atoms. The van der Waals surface area contributed by atoms with Crippen molar-refractivity contribution in [2.75, 3.05) is 25.9 Å². The smallest absolute Gasteiger partial charge is 0.320 e.